The quantitative estimate of drug-likeness (QED) is 0.624. The number of nitro benzene ring substituents is 1. The molecule has 1 saturated heterocycles. The van der Waals surface area contributed by atoms with Crippen molar-refractivity contribution in [2.24, 2.45) is 0 Å². The van der Waals surface area contributed by atoms with E-state index < -0.39 is 10.7 Å². The van der Waals surface area contributed by atoms with Gasteiger partial charge in [0.25, 0.3) is 5.69 Å². The van der Waals surface area contributed by atoms with Gasteiger partial charge < -0.3 is 15.0 Å². The molecule has 0 spiro atoms. The molecule has 0 bridgehead atoms. The van der Waals surface area contributed by atoms with Crippen molar-refractivity contribution in [3.8, 4) is 5.75 Å². The van der Waals surface area contributed by atoms with Crippen LogP contribution in [0, 0.1) is 15.9 Å². The standard InChI is InChI=1S/C18H21FN4O3/c1-26-17-11-15(16(23(24)25)10-14(17)19)21-12-13-5-6-20-18(9-13)22-7-3-2-4-8-22/h5-6,9-11,21H,2-4,7-8,12H2,1H3. The number of nitro groups is 1. The maximum absolute atomic E-state index is 13.7. The van der Waals surface area contributed by atoms with Gasteiger partial charge in [-0.15, -0.1) is 0 Å². The molecule has 0 unspecified atom stereocenters. The molecular weight excluding hydrogens is 339 g/mol. The van der Waals surface area contributed by atoms with E-state index in [1.54, 1.807) is 6.20 Å². The van der Waals surface area contributed by atoms with Crippen LogP contribution in [0.1, 0.15) is 24.8 Å². The third-order valence-corrected chi connectivity index (χ3v) is 4.44. The summed E-state index contributed by atoms with van der Waals surface area (Å²) in [5.41, 5.74) is 0.830. The number of pyridine rings is 1. The van der Waals surface area contributed by atoms with E-state index in [9.17, 15) is 14.5 Å². The molecule has 138 valence electrons. The van der Waals surface area contributed by atoms with E-state index in [1.165, 1.54) is 19.6 Å². The number of hydrogen-bond acceptors (Lipinski definition) is 6. The Morgan fingerprint density at radius 1 is 1.31 bits per heavy atom. The zero-order valence-corrected chi connectivity index (χ0v) is 14.6. The zero-order valence-electron chi connectivity index (χ0n) is 14.6. The molecule has 1 aliphatic rings. The maximum Gasteiger partial charge on any atom is 0.295 e. The largest absolute Gasteiger partial charge is 0.494 e. The molecule has 2 aromatic rings. The second-order valence-electron chi connectivity index (χ2n) is 6.18. The summed E-state index contributed by atoms with van der Waals surface area (Å²) in [7, 11) is 1.32. The van der Waals surface area contributed by atoms with Gasteiger partial charge >= 0.3 is 0 Å². The Morgan fingerprint density at radius 3 is 2.77 bits per heavy atom. The number of halogens is 1. The molecule has 1 aromatic carbocycles. The smallest absolute Gasteiger partial charge is 0.295 e. The molecule has 26 heavy (non-hydrogen) atoms. The summed E-state index contributed by atoms with van der Waals surface area (Å²) in [5, 5.41) is 14.2. The van der Waals surface area contributed by atoms with E-state index in [0.717, 1.165) is 43.4 Å². The Balaban J connectivity index is 1.77. The molecule has 0 atom stereocenters. The number of piperidine rings is 1. The van der Waals surface area contributed by atoms with Crippen LogP contribution in [0.4, 0.5) is 21.6 Å². The summed E-state index contributed by atoms with van der Waals surface area (Å²) < 4.78 is 18.7. The molecule has 1 fully saturated rings. The molecular formula is C18H21FN4O3. The summed E-state index contributed by atoms with van der Waals surface area (Å²) in [4.78, 5) is 17.2. The highest BCUT2D eigenvalue weighted by Crippen LogP contribution is 2.32. The Labute approximate surface area is 150 Å². The first-order valence-electron chi connectivity index (χ1n) is 8.54. The second-order valence-corrected chi connectivity index (χ2v) is 6.18. The van der Waals surface area contributed by atoms with Crippen molar-refractivity contribution in [2.45, 2.75) is 25.8 Å². The molecule has 1 N–H and O–H groups in total. The molecule has 0 radical (unpaired) electrons. The lowest BCUT2D eigenvalue weighted by molar-refractivity contribution is -0.384. The number of anilines is 2. The summed E-state index contributed by atoms with van der Waals surface area (Å²) in [5.74, 6) is 0.109. The molecule has 0 aliphatic carbocycles. The number of rotatable bonds is 6. The van der Waals surface area contributed by atoms with E-state index in [1.807, 2.05) is 12.1 Å². The molecule has 7 nitrogen and oxygen atoms in total. The summed E-state index contributed by atoms with van der Waals surface area (Å²) in [6.45, 7) is 2.34. The lowest BCUT2D eigenvalue weighted by Gasteiger charge is -2.28. The summed E-state index contributed by atoms with van der Waals surface area (Å²) >= 11 is 0. The molecule has 1 aromatic heterocycles. The average Bonchev–Trinajstić information content (AvgIpc) is 2.67. The highest BCUT2D eigenvalue weighted by molar-refractivity contribution is 5.64. The van der Waals surface area contributed by atoms with E-state index in [4.69, 9.17) is 4.74 Å². The van der Waals surface area contributed by atoms with Gasteiger partial charge in [-0.2, -0.15) is 0 Å². The number of aromatic nitrogens is 1. The highest BCUT2D eigenvalue weighted by Gasteiger charge is 2.19. The van der Waals surface area contributed by atoms with E-state index >= 15 is 0 Å². The zero-order chi connectivity index (χ0) is 18.5. The van der Waals surface area contributed by atoms with Crippen molar-refractivity contribution < 1.29 is 14.1 Å². The van der Waals surface area contributed by atoms with Crippen LogP contribution >= 0.6 is 0 Å². The van der Waals surface area contributed by atoms with Crippen LogP contribution in [0.15, 0.2) is 30.5 Å². The molecule has 2 heterocycles. The van der Waals surface area contributed by atoms with Crippen LogP contribution < -0.4 is 15.0 Å². The van der Waals surface area contributed by atoms with Crippen LogP contribution in [-0.2, 0) is 6.54 Å². The van der Waals surface area contributed by atoms with Crippen LogP contribution in [0.3, 0.4) is 0 Å². The Kier molecular flexibility index (Phi) is 5.50. The SMILES string of the molecule is COc1cc(NCc2ccnc(N3CCCCC3)c2)c([N+](=O)[O-])cc1F. The Hall–Kier alpha value is -2.90. The molecule has 3 rings (SSSR count). The van der Waals surface area contributed by atoms with Gasteiger partial charge in [0.2, 0.25) is 0 Å². The van der Waals surface area contributed by atoms with E-state index in [0.29, 0.717) is 6.54 Å². The first kappa shape index (κ1) is 17.9. The number of nitrogens with one attached hydrogen (secondary N) is 1. The van der Waals surface area contributed by atoms with Gasteiger partial charge in [0, 0.05) is 31.9 Å². The van der Waals surface area contributed by atoms with Crippen molar-refractivity contribution in [1.82, 2.24) is 4.98 Å². The highest BCUT2D eigenvalue weighted by atomic mass is 19.1. The van der Waals surface area contributed by atoms with Crippen molar-refractivity contribution in [3.05, 3.63) is 52.0 Å². The molecule has 0 saturated carbocycles. The van der Waals surface area contributed by atoms with Gasteiger partial charge in [-0.1, -0.05) is 0 Å². The Morgan fingerprint density at radius 2 is 2.08 bits per heavy atom. The average molecular weight is 360 g/mol. The second kappa shape index (κ2) is 7.99. The van der Waals surface area contributed by atoms with Gasteiger partial charge in [0.05, 0.1) is 18.1 Å². The fraction of sp³-hybridized carbons (Fsp3) is 0.389. The first-order chi connectivity index (χ1) is 12.6. The minimum Gasteiger partial charge on any atom is -0.494 e. The predicted molar refractivity (Wildman–Crippen MR) is 97.2 cm³/mol. The topological polar surface area (TPSA) is 80.5 Å². The van der Waals surface area contributed by atoms with E-state index in [-0.39, 0.29) is 17.1 Å². The third kappa shape index (κ3) is 4.01. The number of ether oxygens (including phenoxy) is 1. The Bertz CT molecular complexity index is 794. The molecule has 0 amide bonds. The fourth-order valence-corrected chi connectivity index (χ4v) is 3.06. The van der Waals surface area contributed by atoms with Crippen molar-refractivity contribution >= 4 is 17.2 Å². The fourth-order valence-electron chi connectivity index (χ4n) is 3.06. The monoisotopic (exact) mass is 360 g/mol. The van der Waals surface area contributed by atoms with Crippen molar-refractivity contribution in [2.75, 3.05) is 30.4 Å². The molecule has 1 aliphatic heterocycles. The normalized spacial score (nSPS) is 14.2. The van der Waals surface area contributed by atoms with Gasteiger partial charge in [-0.25, -0.2) is 9.37 Å². The van der Waals surface area contributed by atoms with Gasteiger partial charge in [0.1, 0.15) is 11.5 Å². The number of benzene rings is 1. The minimum atomic E-state index is -0.763. The van der Waals surface area contributed by atoms with E-state index in [2.05, 4.69) is 15.2 Å². The van der Waals surface area contributed by atoms with Crippen LogP contribution in [0.2, 0.25) is 0 Å². The summed E-state index contributed by atoms with van der Waals surface area (Å²) in [6.07, 6.45) is 5.30. The van der Waals surface area contributed by atoms with Crippen molar-refractivity contribution in [1.29, 1.82) is 0 Å². The van der Waals surface area contributed by atoms with Crippen LogP contribution in [-0.4, -0.2) is 30.1 Å². The van der Waals surface area contributed by atoms with Gasteiger partial charge in [0.15, 0.2) is 11.6 Å². The lowest BCUT2D eigenvalue weighted by atomic mass is 10.1. The summed E-state index contributed by atoms with van der Waals surface area (Å²) in [6, 6.07) is 6.00. The third-order valence-electron chi connectivity index (χ3n) is 4.44. The van der Waals surface area contributed by atoms with Crippen LogP contribution in [0.5, 0.6) is 5.75 Å². The number of nitrogens with zero attached hydrogens (tertiary/aromatic N) is 3. The van der Waals surface area contributed by atoms with Crippen LogP contribution in [0.25, 0.3) is 0 Å². The minimum absolute atomic E-state index is 0.0400. The lowest BCUT2D eigenvalue weighted by Crippen LogP contribution is -2.30. The number of methoxy groups -OCH3 is 1. The number of hydrogen-bond donors (Lipinski definition) is 1. The molecule has 8 heteroatoms. The van der Waals surface area contributed by atoms with Crippen molar-refractivity contribution in [3.63, 3.8) is 0 Å². The van der Waals surface area contributed by atoms with Gasteiger partial charge in [-0.05, 0) is 37.0 Å². The first-order valence-corrected chi connectivity index (χ1v) is 8.54. The predicted octanol–water partition coefficient (Wildman–Crippen LogP) is 3.74. The maximum atomic E-state index is 13.7. The van der Waals surface area contributed by atoms with Gasteiger partial charge in [-0.3, -0.25) is 10.1 Å².